The van der Waals surface area contributed by atoms with Crippen molar-refractivity contribution in [2.45, 2.75) is 52.1 Å². The van der Waals surface area contributed by atoms with Gasteiger partial charge in [-0.15, -0.1) is 0 Å². The average molecular weight is 383 g/mol. The third-order valence-corrected chi connectivity index (χ3v) is 6.05. The summed E-state index contributed by atoms with van der Waals surface area (Å²) >= 11 is 0. The standard InChI is InChI=1S/C22H29N3O3/c1-15(2)13-25-19(12-18-8-11-28-22(18)25)21(27)23-9-10-24(16(3)14-23)20(26)17-6-4-5-7-17/h8,11-12,16-17H,1,4-7,9-10,13-14H2,2-3H3. The van der Waals surface area contributed by atoms with Crippen LogP contribution >= 0.6 is 0 Å². The lowest BCUT2D eigenvalue weighted by Crippen LogP contribution is -2.56. The second kappa shape index (κ2) is 7.49. The second-order valence-corrected chi connectivity index (χ2v) is 8.37. The van der Waals surface area contributed by atoms with Crippen LogP contribution < -0.4 is 0 Å². The number of rotatable bonds is 4. The van der Waals surface area contributed by atoms with Crippen molar-refractivity contribution in [1.29, 1.82) is 0 Å². The molecule has 28 heavy (non-hydrogen) atoms. The first-order valence-electron chi connectivity index (χ1n) is 10.3. The van der Waals surface area contributed by atoms with Gasteiger partial charge < -0.3 is 18.8 Å². The van der Waals surface area contributed by atoms with E-state index in [1.165, 1.54) is 0 Å². The van der Waals surface area contributed by atoms with Gasteiger partial charge in [-0.05, 0) is 38.8 Å². The van der Waals surface area contributed by atoms with Gasteiger partial charge in [-0.2, -0.15) is 0 Å². The van der Waals surface area contributed by atoms with Gasteiger partial charge in [0, 0.05) is 43.5 Å². The highest BCUT2D eigenvalue weighted by atomic mass is 16.3. The summed E-state index contributed by atoms with van der Waals surface area (Å²) in [6.45, 7) is 10.3. The zero-order chi connectivity index (χ0) is 19.8. The molecule has 2 aliphatic rings. The summed E-state index contributed by atoms with van der Waals surface area (Å²) < 4.78 is 7.50. The Morgan fingerprint density at radius 2 is 2.00 bits per heavy atom. The van der Waals surface area contributed by atoms with E-state index >= 15 is 0 Å². The molecule has 150 valence electrons. The molecule has 2 amide bonds. The van der Waals surface area contributed by atoms with Crippen molar-refractivity contribution in [2.24, 2.45) is 5.92 Å². The van der Waals surface area contributed by atoms with Crippen LogP contribution in [0.25, 0.3) is 11.1 Å². The fourth-order valence-corrected chi connectivity index (χ4v) is 4.62. The molecule has 2 fully saturated rings. The van der Waals surface area contributed by atoms with Gasteiger partial charge in [0.1, 0.15) is 5.69 Å². The maximum atomic E-state index is 13.3. The molecule has 3 heterocycles. The summed E-state index contributed by atoms with van der Waals surface area (Å²) in [6.07, 6.45) is 5.98. The number of piperazine rings is 1. The maximum Gasteiger partial charge on any atom is 0.270 e. The zero-order valence-electron chi connectivity index (χ0n) is 16.8. The van der Waals surface area contributed by atoms with Gasteiger partial charge in [0.25, 0.3) is 5.91 Å². The summed E-state index contributed by atoms with van der Waals surface area (Å²) in [7, 11) is 0. The molecule has 4 rings (SSSR count). The van der Waals surface area contributed by atoms with E-state index in [1.54, 1.807) is 6.26 Å². The van der Waals surface area contributed by atoms with Crippen LogP contribution in [-0.4, -0.2) is 51.9 Å². The maximum absolute atomic E-state index is 13.3. The SMILES string of the molecule is C=C(C)Cn1c(C(=O)N2CCN(C(=O)C3CCCC3)C(C)C2)cc2ccoc21. The van der Waals surface area contributed by atoms with E-state index in [9.17, 15) is 9.59 Å². The number of carbonyl (C=O) groups is 2. The van der Waals surface area contributed by atoms with Gasteiger partial charge in [0.15, 0.2) is 0 Å². The molecular weight excluding hydrogens is 354 g/mol. The third kappa shape index (κ3) is 3.36. The van der Waals surface area contributed by atoms with Crippen molar-refractivity contribution >= 4 is 22.9 Å². The minimum Gasteiger partial charge on any atom is -0.448 e. The molecule has 1 saturated carbocycles. The quantitative estimate of drug-likeness (QED) is 0.757. The molecule has 1 unspecified atom stereocenters. The first-order chi connectivity index (χ1) is 13.5. The fourth-order valence-electron chi connectivity index (χ4n) is 4.62. The highest BCUT2D eigenvalue weighted by Crippen LogP contribution is 2.29. The first-order valence-corrected chi connectivity index (χ1v) is 10.3. The molecular formula is C22H29N3O3. The Morgan fingerprint density at radius 3 is 2.68 bits per heavy atom. The number of allylic oxidation sites excluding steroid dienone is 1. The van der Waals surface area contributed by atoms with E-state index < -0.39 is 0 Å². The van der Waals surface area contributed by atoms with Crippen LogP contribution in [0.1, 0.15) is 50.0 Å². The van der Waals surface area contributed by atoms with Crippen molar-refractivity contribution in [3.63, 3.8) is 0 Å². The van der Waals surface area contributed by atoms with Gasteiger partial charge in [0.05, 0.1) is 6.26 Å². The Balaban J connectivity index is 1.50. The third-order valence-electron chi connectivity index (χ3n) is 6.05. The predicted molar refractivity (Wildman–Crippen MR) is 108 cm³/mol. The normalized spacial score (nSPS) is 20.9. The highest BCUT2D eigenvalue weighted by Gasteiger charge is 2.35. The van der Waals surface area contributed by atoms with Crippen molar-refractivity contribution in [3.8, 4) is 0 Å². The number of aromatic nitrogens is 1. The monoisotopic (exact) mass is 383 g/mol. The lowest BCUT2D eigenvalue weighted by atomic mass is 10.0. The summed E-state index contributed by atoms with van der Waals surface area (Å²) in [5.74, 6) is 0.456. The van der Waals surface area contributed by atoms with Crippen LogP contribution in [0.5, 0.6) is 0 Å². The first kappa shape index (κ1) is 18.8. The molecule has 1 atom stereocenters. The molecule has 0 N–H and O–H groups in total. The Kier molecular flexibility index (Phi) is 5.04. The number of nitrogens with zero attached hydrogens (tertiary/aromatic N) is 3. The van der Waals surface area contributed by atoms with Gasteiger partial charge in [-0.3, -0.25) is 9.59 Å². The van der Waals surface area contributed by atoms with E-state index in [4.69, 9.17) is 4.42 Å². The van der Waals surface area contributed by atoms with Gasteiger partial charge in [-0.25, -0.2) is 0 Å². The van der Waals surface area contributed by atoms with E-state index in [-0.39, 0.29) is 23.8 Å². The van der Waals surface area contributed by atoms with Crippen molar-refractivity contribution in [2.75, 3.05) is 19.6 Å². The smallest absolute Gasteiger partial charge is 0.270 e. The number of carbonyl (C=O) groups excluding carboxylic acids is 2. The molecule has 0 radical (unpaired) electrons. The molecule has 2 aromatic rings. The van der Waals surface area contributed by atoms with Crippen LogP contribution in [0, 0.1) is 5.92 Å². The topological polar surface area (TPSA) is 58.7 Å². The van der Waals surface area contributed by atoms with E-state index in [2.05, 4.69) is 6.58 Å². The predicted octanol–water partition coefficient (Wildman–Crippen LogP) is 3.67. The number of furan rings is 1. The van der Waals surface area contributed by atoms with E-state index in [1.807, 2.05) is 40.3 Å². The molecule has 0 aromatic carbocycles. The van der Waals surface area contributed by atoms with Gasteiger partial charge >= 0.3 is 0 Å². The van der Waals surface area contributed by atoms with Crippen molar-refractivity contribution < 1.29 is 14.0 Å². The zero-order valence-corrected chi connectivity index (χ0v) is 16.8. The number of hydrogen-bond acceptors (Lipinski definition) is 3. The fraction of sp³-hybridized carbons (Fsp3) is 0.545. The molecule has 6 heteroatoms. The van der Waals surface area contributed by atoms with Crippen LogP contribution in [0.2, 0.25) is 0 Å². The van der Waals surface area contributed by atoms with Gasteiger partial charge in [0.2, 0.25) is 11.6 Å². The van der Waals surface area contributed by atoms with Crippen molar-refractivity contribution in [1.82, 2.24) is 14.4 Å². The molecule has 1 aliphatic carbocycles. The van der Waals surface area contributed by atoms with Crippen LogP contribution in [0.15, 0.2) is 35.0 Å². The molecule has 0 spiro atoms. The number of amides is 2. The van der Waals surface area contributed by atoms with E-state index in [0.717, 1.165) is 36.6 Å². The highest BCUT2D eigenvalue weighted by molar-refractivity contribution is 5.98. The minimum atomic E-state index is -0.00698. The van der Waals surface area contributed by atoms with Crippen LogP contribution in [0.4, 0.5) is 0 Å². The Morgan fingerprint density at radius 1 is 1.25 bits per heavy atom. The van der Waals surface area contributed by atoms with Gasteiger partial charge in [-0.1, -0.05) is 25.0 Å². The molecule has 1 aliphatic heterocycles. The summed E-state index contributed by atoms with van der Waals surface area (Å²) in [5, 5.41) is 0.924. The van der Waals surface area contributed by atoms with Crippen LogP contribution in [-0.2, 0) is 11.3 Å². The molecule has 0 bridgehead atoms. The number of hydrogen-bond donors (Lipinski definition) is 0. The Bertz CT molecular complexity index is 903. The Labute approximate surface area is 165 Å². The minimum absolute atomic E-state index is 0.00698. The second-order valence-electron chi connectivity index (χ2n) is 8.37. The summed E-state index contributed by atoms with van der Waals surface area (Å²) in [5.41, 5.74) is 2.29. The summed E-state index contributed by atoms with van der Waals surface area (Å²) in [6, 6.07) is 3.81. The van der Waals surface area contributed by atoms with Crippen LogP contribution in [0.3, 0.4) is 0 Å². The number of fused-ring (bicyclic) bond motifs is 1. The van der Waals surface area contributed by atoms with Crippen molar-refractivity contribution in [3.05, 3.63) is 36.2 Å². The van der Waals surface area contributed by atoms with E-state index in [0.29, 0.717) is 37.6 Å². The molecule has 6 nitrogen and oxygen atoms in total. The lowest BCUT2D eigenvalue weighted by molar-refractivity contribution is -0.139. The molecule has 2 aromatic heterocycles. The largest absolute Gasteiger partial charge is 0.448 e. The Hall–Kier alpha value is -2.50. The summed E-state index contributed by atoms with van der Waals surface area (Å²) in [4.78, 5) is 29.9. The molecule has 1 saturated heterocycles. The lowest BCUT2D eigenvalue weighted by Gasteiger charge is -2.41. The average Bonchev–Trinajstić information content (AvgIpc) is 3.39.